The molecule has 0 bridgehead atoms. The third kappa shape index (κ3) is 3.41. The fraction of sp³-hybridized carbons (Fsp3) is 0.929. The molecule has 0 aromatic carbocycles. The molecule has 2 rings (SSSR count). The van der Waals surface area contributed by atoms with Gasteiger partial charge in [0, 0.05) is 13.1 Å². The van der Waals surface area contributed by atoms with Gasteiger partial charge in [0.1, 0.15) is 0 Å². The van der Waals surface area contributed by atoms with Gasteiger partial charge in [-0.25, -0.2) is 0 Å². The summed E-state index contributed by atoms with van der Waals surface area (Å²) in [4.78, 5) is 12.4. The van der Waals surface area contributed by atoms with Crippen molar-refractivity contribution in [1.82, 2.24) is 10.6 Å². The molecule has 2 aliphatic rings. The number of hydrogen-bond donors (Lipinski definition) is 2. The molecule has 2 saturated heterocycles. The van der Waals surface area contributed by atoms with Gasteiger partial charge in [0.2, 0.25) is 5.91 Å². The van der Waals surface area contributed by atoms with E-state index in [-0.39, 0.29) is 5.41 Å². The van der Waals surface area contributed by atoms with Crippen molar-refractivity contribution in [2.24, 2.45) is 11.3 Å². The Morgan fingerprint density at radius 3 is 2.83 bits per heavy atom. The van der Waals surface area contributed by atoms with E-state index in [1.54, 1.807) is 0 Å². The lowest BCUT2D eigenvalue weighted by molar-refractivity contribution is -0.130. The van der Waals surface area contributed by atoms with Crippen molar-refractivity contribution in [3.63, 3.8) is 0 Å². The van der Waals surface area contributed by atoms with Crippen molar-refractivity contribution in [3.05, 3.63) is 0 Å². The zero-order chi connectivity index (χ0) is 12.8. The summed E-state index contributed by atoms with van der Waals surface area (Å²) in [6.45, 7) is 4.93. The lowest BCUT2D eigenvalue weighted by Crippen LogP contribution is -2.44. The maximum Gasteiger partial charge on any atom is 0.227 e. The summed E-state index contributed by atoms with van der Waals surface area (Å²) >= 11 is 2.04. The van der Waals surface area contributed by atoms with Crippen molar-refractivity contribution >= 4 is 17.7 Å². The van der Waals surface area contributed by atoms with Crippen molar-refractivity contribution < 1.29 is 4.79 Å². The number of carbonyl (C=O) groups is 1. The molecule has 2 fully saturated rings. The highest BCUT2D eigenvalue weighted by Crippen LogP contribution is 2.31. The van der Waals surface area contributed by atoms with Gasteiger partial charge >= 0.3 is 0 Å². The summed E-state index contributed by atoms with van der Waals surface area (Å²) in [7, 11) is 0. The van der Waals surface area contributed by atoms with E-state index in [0.29, 0.717) is 11.8 Å². The Balaban J connectivity index is 1.81. The normalized spacial score (nSPS) is 29.4. The summed E-state index contributed by atoms with van der Waals surface area (Å²) in [6.07, 6.45) is 5.66. The Kier molecular flexibility index (Phi) is 5.37. The standard InChI is InChI=1S/C14H26N2OS/c1-2-5-14(6-7-15-11-14)13(17)16-10-12-3-8-18-9-4-12/h12,15H,2-11H2,1H3,(H,16,17). The van der Waals surface area contributed by atoms with Gasteiger partial charge in [0.15, 0.2) is 0 Å². The quantitative estimate of drug-likeness (QED) is 0.803. The molecule has 0 aliphatic carbocycles. The monoisotopic (exact) mass is 270 g/mol. The molecular weight excluding hydrogens is 244 g/mol. The van der Waals surface area contributed by atoms with Gasteiger partial charge in [0.25, 0.3) is 0 Å². The molecule has 2 aliphatic heterocycles. The summed E-state index contributed by atoms with van der Waals surface area (Å²) in [5, 5.41) is 6.58. The number of carbonyl (C=O) groups excluding carboxylic acids is 1. The molecule has 18 heavy (non-hydrogen) atoms. The number of rotatable bonds is 5. The van der Waals surface area contributed by atoms with Gasteiger partial charge in [-0.15, -0.1) is 0 Å². The van der Waals surface area contributed by atoms with E-state index in [1.807, 2.05) is 11.8 Å². The summed E-state index contributed by atoms with van der Waals surface area (Å²) in [6, 6.07) is 0. The minimum atomic E-state index is -0.113. The van der Waals surface area contributed by atoms with Crippen LogP contribution in [0.15, 0.2) is 0 Å². The Morgan fingerprint density at radius 1 is 1.44 bits per heavy atom. The molecule has 1 atom stereocenters. The maximum atomic E-state index is 12.4. The molecule has 0 radical (unpaired) electrons. The molecule has 2 heterocycles. The second-order valence-corrected chi connectivity index (χ2v) is 6.95. The third-order valence-corrected chi connectivity index (χ3v) is 5.39. The predicted molar refractivity (Wildman–Crippen MR) is 77.9 cm³/mol. The van der Waals surface area contributed by atoms with Crippen LogP contribution in [0.2, 0.25) is 0 Å². The van der Waals surface area contributed by atoms with Crippen LogP contribution in [-0.2, 0) is 4.79 Å². The van der Waals surface area contributed by atoms with Gasteiger partial charge in [-0.3, -0.25) is 4.79 Å². The first-order valence-corrected chi connectivity index (χ1v) is 8.49. The molecule has 0 spiro atoms. The molecule has 0 saturated carbocycles. The largest absolute Gasteiger partial charge is 0.355 e. The molecule has 1 amide bonds. The Bertz CT molecular complexity index is 271. The van der Waals surface area contributed by atoms with Crippen LogP contribution in [0.5, 0.6) is 0 Å². The molecule has 3 nitrogen and oxygen atoms in total. The van der Waals surface area contributed by atoms with E-state index in [2.05, 4.69) is 17.6 Å². The summed E-state index contributed by atoms with van der Waals surface area (Å²) < 4.78 is 0. The smallest absolute Gasteiger partial charge is 0.227 e. The Morgan fingerprint density at radius 2 is 2.22 bits per heavy atom. The predicted octanol–water partition coefficient (Wildman–Crippen LogP) is 2.03. The van der Waals surface area contributed by atoms with Crippen molar-refractivity contribution in [3.8, 4) is 0 Å². The van der Waals surface area contributed by atoms with Crippen LogP contribution < -0.4 is 10.6 Å². The first-order chi connectivity index (χ1) is 8.77. The fourth-order valence-electron chi connectivity index (χ4n) is 3.12. The van der Waals surface area contributed by atoms with E-state index in [1.165, 1.54) is 24.3 Å². The van der Waals surface area contributed by atoms with Crippen molar-refractivity contribution in [2.75, 3.05) is 31.1 Å². The highest BCUT2D eigenvalue weighted by Gasteiger charge is 2.40. The zero-order valence-corrected chi connectivity index (χ0v) is 12.3. The van der Waals surface area contributed by atoms with E-state index >= 15 is 0 Å². The van der Waals surface area contributed by atoms with Crippen LogP contribution >= 0.6 is 11.8 Å². The topological polar surface area (TPSA) is 41.1 Å². The first kappa shape index (κ1) is 14.2. The van der Waals surface area contributed by atoms with Crippen LogP contribution in [0.3, 0.4) is 0 Å². The van der Waals surface area contributed by atoms with Crippen LogP contribution in [-0.4, -0.2) is 37.0 Å². The van der Waals surface area contributed by atoms with Crippen molar-refractivity contribution in [1.29, 1.82) is 0 Å². The number of amides is 1. The molecule has 0 aromatic rings. The van der Waals surface area contributed by atoms with Crippen LogP contribution in [0, 0.1) is 11.3 Å². The molecule has 0 aromatic heterocycles. The number of hydrogen-bond acceptors (Lipinski definition) is 3. The Hall–Kier alpha value is -0.220. The van der Waals surface area contributed by atoms with Gasteiger partial charge < -0.3 is 10.6 Å². The van der Waals surface area contributed by atoms with Crippen molar-refractivity contribution in [2.45, 2.75) is 39.0 Å². The Labute approximate surface area is 115 Å². The number of nitrogens with one attached hydrogen (secondary N) is 2. The second kappa shape index (κ2) is 6.80. The fourth-order valence-corrected chi connectivity index (χ4v) is 4.32. The highest BCUT2D eigenvalue weighted by molar-refractivity contribution is 7.99. The van der Waals surface area contributed by atoms with Gasteiger partial charge in [-0.05, 0) is 49.7 Å². The van der Waals surface area contributed by atoms with Gasteiger partial charge in [0.05, 0.1) is 5.41 Å². The number of thioether (sulfide) groups is 1. The zero-order valence-electron chi connectivity index (χ0n) is 11.5. The van der Waals surface area contributed by atoms with Crippen LogP contribution in [0.1, 0.15) is 39.0 Å². The van der Waals surface area contributed by atoms with E-state index in [0.717, 1.165) is 38.9 Å². The maximum absolute atomic E-state index is 12.4. The molecule has 4 heteroatoms. The molecule has 2 N–H and O–H groups in total. The van der Waals surface area contributed by atoms with Crippen LogP contribution in [0.25, 0.3) is 0 Å². The SMILES string of the molecule is CCCC1(C(=O)NCC2CCSCC2)CCNC1. The van der Waals surface area contributed by atoms with Gasteiger partial charge in [-0.1, -0.05) is 13.3 Å². The van der Waals surface area contributed by atoms with Gasteiger partial charge in [-0.2, -0.15) is 11.8 Å². The summed E-state index contributed by atoms with van der Waals surface area (Å²) in [5.41, 5.74) is -0.113. The molecule has 1 unspecified atom stereocenters. The minimum Gasteiger partial charge on any atom is -0.355 e. The average molecular weight is 270 g/mol. The first-order valence-electron chi connectivity index (χ1n) is 7.33. The third-order valence-electron chi connectivity index (χ3n) is 4.35. The van der Waals surface area contributed by atoms with Crippen LogP contribution in [0.4, 0.5) is 0 Å². The molecule has 104 valence electrons. The van der Waals surface area contributed by atoms with E-state index < -0.39 is 0 Å². The highest BCUT2D eigenvalue weighted by atomic mass is 32.2. The second-order valence-electron chi connectivity index (χ2n) is 5.72. The van der Waals surface area contributed by atoms with E-state index in [4.69, 9.17) is 0 Å². The lowest BCUT2D eigenvalue weighted by Gasteiger charge is -2.28. The molecular formula is C14H26N2OS. The van der Waals surface area contributed by atoms with E-state index in [9.17, 15) is 4.79 Å². The minimum absolute atomic E-state index is 0.113. The average Bonchev–Trinajstić information content (AvgIpc) is 2.87. The lowest BCUT2D eigenvalue weighted by atomic mass is 9.81. The summed E-state index contributed by atoms with van der Waals surface area (Å²) in [5.74, 6) is 3.54.